The number of rotatable bonds is 5. The van der Waals surface area contributed by atoms with Crippen LogP contribution in [0.15, 0.2) is 150 Å². The average molecular weight is 813 g/mol. The fourth-order valence-electron chi connectivity index (χ4n) is 6.08. The molecule has 0 spiro atoms. The number of hydrogen-bond acceptors (Lipinski definition) is 3. The molecule has 3 aromatic heterocycles. The van der Waals surface area contributed by atoms with E-state index in [0.29, 0.717) is 0 Å². The van der Waals surface area contributed by atoms with Crippen LogP contribution in [-0.4, -0.2) is 9.97 Å². The third kappa shape index (κ3) is 7.17. The van der Waals surface area contributed by atoms with Gasteiger partial charge < -0.3 is 14.4 Å². The van der Waals surface area contributed by atoms with Gasteiger partial charge in [0.25, 0.3) is 0 Å². The van der Waals surface area contributed by atoms with E-state index < -0.39 is 0 Å². The van der Waals surface area contributed by atoms with Gasteiger partial charge in [-0.1, -0.05) is 104 Å². The molecule has 4 heteroatoms. The summed E-state index contributed by atoms with van der Waals surface area (Å²) in [6.45, 7) is 8.71. The van der Waals surface area contributed by atoms with Crippen LogP contribution in [0.4, 0.5) is 0 Å². The number of hydrogen-bond donors (Lipinski definition) is 0. The first-order valence-electron chi connectivity index (χ1n) is 16.2. The Morgan fingerprint density at radius 2 is 1.31 bits per heavy atom. The molecule has 3 nitrogen and oxygen atoms in total. The summed E-state index contributed by atoms with van der Waals surface area (Å²) in [4.78, 5) is 9.11. The second-order valence-electron chi connectivity index (χ2n) is 12.7. The van der Waals surface area contributed by atoms with Crippen molar-refractivity contribution in [3.8, 4) is 33.6 Å². The van der Waals surface area contributed by atoms with Gasteiger partial charge in [0.2, 0.25) is 0 Å². The molecule has 5 aromatic carbocycles. The normalized spacial score (nSPS) is 11.1. The molecule has 0 aliphatic carbocycles. The Hall–Kier alpha value is -5.15. The maximum Gasteiger partial charge on any atom is 0.120 e. The molecule has 0 aliphatic rings. The van der Waals surface area contributed by atoms with Crippen molar-refractivity contribution in [2.45, 2.75) is 33.1 Å². The molecule has 0 bridgehead atoms. The van der Waals surface area contributed by atoms with Gasteiger partial charge in [0.1, 0.15) is 5.58 Å². The van der Waals surface area contributed by atoms with Crippen molar-refractivity contribution >= 4 is 21.9 Å². The van der Waals surface area contributed by atoms with Crippen molar-refractivity contribution in [1.82, 2.24) is 9.97 Å². The molecule has 3 heterocycles. The van der Waals surface area contributed by atoms with E-state index in [1.165, 1.54) is 27.8 Å². The number of aryl methyl sites for hydroxylation is 2. The van der Waals surface area contributed by atoms with Crippen LogP contribution in [0, 0.1) is 26.0 Å². The smallest absolute Gasteiger partial charge is 0.120 e. The number of aromatic nitrogens is 2. The van der Waals surface area contributed by atoms with Crippen molar-refractivity contribution in [1.29, 1.82) is 0 Å². The predicted molar refractivity (Wildman–Crippen MR) is 198 cm³/mol. The quantitative estimate of drug-likeness (QED) is 0.163. The van der Waals surface area contributed by atoms with Crippen molar-refractivity contribution in [2.24, 2.45) is 0 Å². The zero-order valence-corrected chi connectivity index (χ0v) is 30.4. The Kier molecular flexibility index (Phi) is 10.0. The molecule has 243 valence electrons. The number of pyridine rings is 2. The zero-order valence-electron chi connectivity index (χ0n) is 28.0. The van der Waals surface area contributed by atoms with E-state index in [0.717, 1.165) is 50.0 Å². The summed E-state index contributed by atoms with van der Waals surface area (Å²) >= 11 is 0. The minimum Gasteiger partial charge on any atom is -0.500 e. The Labute approximate surface area is 302 Å². The van der Waals surface area contributed by atoms with E-state index in [-0.39, 0.29) is 25.5 Å². The molecule has 8 aromatic rings. The molecular formula is C45H36IrN2O-2. The second-order valence-corrected chi connectivity index (χ2v) is 12.7. The summed E-state index contributed by atoms with van der Waals surface area (Å²) in [6.07, 6.45) is 3.84. The first-order chi connectivity index (χ1) is 23.4. The third-order valence-corrected chi connectivity index (χ3v) is 8.99. The Morgan fingerprint density at radius 1 is 0.592 bits per heavy atom. The molecule has 1 radical (unpaired) electrons. The van der Waals surface area contributed by atoms with Crippen LogP contribution < -0.4 is 0 Å². The number of furan rings is 1. The topological polar surface area (TPSA) is 38.9 Å². The number of fused-ring (bicyclic) bond motifs is 3. The van der Waals surface area contributed by atoms with Gasteiger partial charge in [-0.05, 0) is 65.2 Å². The van der Waals surface area contributed by atoms with Crippen molar-refractivity contribution in [2.75, 3.05) is 0 Å². The van der Waals surface area contributed by atoms with Crippen LogP contribution in [0.1, 0.15) is 36.1 Å². The van der Waals surface area contributed by atoms with E-state index in [9.17, 15) is 0 Å². The van der Waals surface area contributed by atoms with E-state index in [4.69, 9.17) is 9.40 Å². The van der Waals surface area contributed by atoms with Gasteiger partial charge in [0.05, 0.1) is 5.58 Å². The minimum atomic E-state index is -0.116. The van der Waals surface area contributed by atoms with Gasteiger partial charge in [-0.2, -0.15) is 0 Å². The summed E-state index contributed by atoms with van der Waals surface area (Å²) < 4.78 is 6.17. The number of nitrogens with zero attached hydrogens (tertiary/aromatic N) is 2. The molecule has 0 fully saturated rings. The monoisotopic (exact) mass is 813 g/mol. The first kappa shape index (κ1) is 33.7. The maximum absolute atomic E-state index is 6.17. The maximum atomic E-state index is 6.17. The van der Waals surface area contributed by atoms with Crippen LogP contribution in [0.5, 0.6) is 0 Å². The number of benzene rings is 5. The third-order valence-electron chi connectivity index (χ3n) is 8.99. The SMILES string of the molecule is Cc1cc(-c2[c-]cc3oc4ccc(C(C)(C)c5ccccc5)cc4c3c2)ncc1-c1ccccc1.Cc1ccc(-c2[c-]cccc2)nc1.[Ir]. The minimum absolute atomic E-state index is 0. The molecule has 0 saturated carbocycles. The summed E-state index contributed by atoms with van der Waals surface area (Å²) in [5.41, 5.74) is 12.8. The molecule has 0 N–H and O–H groups in total. The Balaban J connectivity index is 0.000000250. The van der Waals surface area contributed by atoms with Gasteiger partial charge >= 0.3 is 0 Å². The van der Waals surface area contributed by atoms with Crippen molar-refractivity contribution < 1.29 is 24.5 Å². The Morgan fingerprint density at radius 3 is 2.00 bits per heavy atom. The average Bonchev–Trinajstić information content (AvgIpc) is 3.51. The summed E-state index contributed by atoms with van der Waals surface area (Å²) in [7, 11) is 0. The van der Waals surface area contributed by atoms with Crippen molar-refractivity contribution in [3.05, 3.63) is 180 Å². The molecule has 0 unspecified atom stereocenters. The van der Waals surface area contributed by atoms with Gasteiger partial charge in [-0.3, -0.25) is 0 Å². The fourth-order valence-corrected chi connectivity index (χ4v) is 6.08. The van der Waals surface area contributed by atoms with E-state index in [1.807, 2.05) is 61.8 Å². The van der Waals surface area contributed by atoms with Crippen LogP contribution >= 0.6 is 0 Å². The molecule has 49 heavy (non-hydrogen) atoms. The van der Waals surface area contributed by atoms with Crippen LogP contribution in [0.25, 0.3) is 55.6 Å². The largest absolute Gasteiger partial charge is 0.500 e. The second kappa shape index (κ2) is 14.5. The first-order valence-corrected chi connectivity index (χ1v) is 16.2. The van der Waals surface area contributed by atoms with Crippen LogP contribution in [0.2, 0.25) is 0 Å². The molecule has 8 rings (SSSR count). The molecule has 0 saturated heterocycles. The van der Waals surface area contributed by atoms with Gasteiger partial charge in [-0.15, -0.1) is 59.7 Å². The predicted octanol–water partition coefficient (Wildman–Crippen LogP) is 11.6. The molecule has 0 aliphatic heterocycles. The summed E-state index contributed by atoms with van der Waals surface area (Å²) in [6, 6.07) is 52.3. The van der Waals surface area contributed by atoms with Crippen molar-refractivity contribution in [3.63, 3.8) is 0 Å². The summed E-state index contributed by atoms with van der Waals surface area (Å²) in [5, 5.41) is 2.21. The molecular weight excluding hydrogens is 777 g/mol. The standard InChI is InChI=1S/C33H26NO.C12H10N.Ir/c1-22-18-30(34-21-29(22)23-10-6-4-7-11-23)24-14-16-31-27(19-24)28-20-26(15-17-32(28)35-31)33(2,3)25-12-8-5-9-13-25;1-10-7-8-12(13-9-10)11-5-3-2-4-6-11;/h4-13,15-21H,1-3H3;2-5,7-9H,1H3;/q2*-1;. The van der Waals surface area contributed by atoms with E-state index in [2.05, 4.69) is 129 Å². The van der Waals surface area contributed by atoms with E-state index >= 15 is 0 Å². The molecule has 0 atom stereocenters. The molecule has 0 amide bonds. The fraction of sp³-hybridized carbons (Fsp3) is 0.111. The van der Waals surface area contributed by atoms with Gasteiger partial charge in [0.15, 0.2) is 0 Å². The zero-order chi connectivity index (χ0) is 33.1. The van der Waals surface area contributed by atoms with Gasteiger partial charge in [-0.25, -0.2) is 0 Å². The van der Waals surface area contributed by atoms with Crippen LogP contribution in [0.3, 0.4) is 0 Å². The van der Waals surface area contributed by atoms with Crippen LogP contribution in [-0.2, 0) is 25.5 Å². The van der Waals surface area contributed by atoms with E-state index in [1.54, 1.807) is 0 Å². The van der Waals surface area contributed by atoms with Gasteiger partial charge in [0, 0.05) is 48.9 Å². The summed E-state index contributed by atoms with van der Waals surface area (Å²) in [5.74, 6) is 0. The Bertz CT molecular complexity index is 2310.